The molecule has 13 rings (SSSR count). The maximum Gasteiger partial charge on any atom is 0.0215 e. The number of unbranched alkanes of at least 4 members (excludes halogenated alkanes) is 20. The molecule has 0 nitrogen and oxygen atoms in total. The lowest BCUT2D eigenvalue weighted by molar-refractivity contribution is 0.398. The van der Waals surface area contributed by atoms with Crippen LogP contribution in [0.5, 0.6) is 0 Å². The fourth-order valence-corrected chi connectivity index (χ4v) is 18.6. The van der Waals surface area contributed by atoms with Gasteiger partial charge >= 0.3 is 0 Å². The fourth-order valence-electron chi connectivity index (χ4n) is 18.6. The highest BCUT2D eigenvalue weighted by molar-refractivity contribution is 5.91. The van der Waals surface area contributed by atoms with Crippen molar-refractivity contribution in [1.29, 1.82) is 0 Å². The summed E-state index contributed by atoms with van der Waals surface area (Å²) >= 11 is 0. The second-order valence-electron chi connectivity index (χ2n) is 31.2. The molecule has 4 aliphatic rings. The van der Waals surface area contributed by atoms with E-state index in [9.17, 15) is 0 Å². The number of aryl methyl sites for hydroxylation is 1. The molecule has 0 spiro atoms. The van der Waals surface area contributed by atoms with E-state index >= 15 is 0 Å². The quantitative estimate of drug-likeness (QED) is 0.0369. The summed E-state index contributed by atoms with van der Waals surface area (Å²) in [6, 6.07) is 71.2. The van der Waals surface area contributed by atoms with Crippen LogP contribution >= 0.6 is 0 Å². The van der Waals surface area contributed by atoms with Gasteiger partial charge in [0.1, 0.15) is 0 Å². The maximum absolute atomic E-state index is 2.67. The van der Waals surface area contributed by atoms with Crippen molar-refractivity contribution in [2.24, 2.45) is 0 Å². The Bertz CT molecular complexity index is 4120. The third kappa shape index (κ3) is 12.9. The van der Waals surface area contributed by atoms with Crippen LogP contribution in [0.1, 0.15) is 285 Å². The molecule has 0 heteroatoms. The monoisotopic (exact) mass is 1250 g/mol. The van der Waals surface area contributed by atoms with Crippen LogP contribution in [0.2, 0.25) is 0 Å². The lowest BCUT2D eigenvalue weighted by Crippen LogP contribution is -2.25. The molecular formula is C95H112. The Labute approximate surface area is 575 Å². The van der Waals surface area contributed by atoms with Crippen LogP contribution in [-0.4, -0.2) is 0 Å². The number of hydrogen-bond donors (Lipinski definition) is 0. The van der Waals surface area contributed by atoms with Crippen LogP contribution in [0.15, 0.2) is 176 Å². The highest BCUT2D eigenvalue weighted by Gasteiger charge is 2.45. The van der Waals surface area contributed by atoms with Crippen molar-refractivity contribution in [2.45, 2.75) is 264 Å². The third-order valence-corrected chi connectivity index (χ3v) is 24.2. The Morgan fingerprint density at radius 1 is 0.211 bits per heavy atom. The molecule has 492 valence electrons. The van der Waals surface area contributed by atoms with Crippen molar-refractivity contribution >= 4 is 0 Å². The van der Waals surface area contributed by atoms with Gasteiger partial charge in [-0.1, -0.05) is 355 Å². The van der Waals surface area contributed by atoms with Gasteiger partial charge in [-0.15, -0.1) is 0 Å². The van der Waals surface area contributed by atoms with E-state index in [1.165, 1.54) is 297 Å². The van der Waals surface area contributed by atoms with Gasteiger partial charge in [-0.2, -0.15) is 0 Å². The molecule has 0 unspecified atom stereocenters. The number of benzene rings is 9. The number of fused-ring (bicyclic) bond motifs is 12. The largest absolute Gasteiger partial charge is 0.0654 e. The highest BCUT2D eigenvalue weighted by atomic mass is 14.5. The van der Waals surface area contributed by atoms with Crippen LogP contribution in [0, 0.1) is 6.92 Å². The summed E-state index contributed by atoms with van der Waals surface area (Å²) in [5.74, 6) is 0. The van der Waals surface area contributed by atoms with E-state index in [-0.39, 0.29) is 21.7 Å². The van der Waals surface area contributed by atoms with E-state index < -0.39 is 0 Å². The molecule has 0 atom stereocenters. The Hall–Kier alpha value is -7.02. The van der Waals surface area contributed by atoms with E-state index in [1.54, 1.807) is 22.3 Å². The topological polar surface area (TPSA) is 0 Å². The number of hydrogen-bond acceptors (Lipinski definition) is 0. The molecule has 0 N–H and O–H groups in total. The molecule has 0 amide bonds. The first-order valence-electron chi connectivity index (χ1n) is 38.6. The molecule has 9 aromatic carbocycles. The molecule has 4 aliphatic carbocycles. The predicted octanol–water partition coefficient (Wildman–Crippen LogP) is 28.8. The van der Waals surface area contributed by atoms with Gasteiger partial charge in [0.15, 0.2) is 0 Å². The molecule has 0 saturated heterocycles. The Kier molecular flexibility index (Phi) is 20.3. The average molecular weight is 1250 g/mol. The SMILES string of the molecule is CCCCCCCCC1(CCCCCCCC)c2ccccc2-c2ccc(-c3ccc4c(c3)C(C)(C)c3cc(-c5ccc(-c6ccc7c(c6)C(CCCCCCCC)(CCCCCCCC)c6cc(-c8ccc9c(c8)C(C)(C)c8cc(C)ccc8-9)ccc6-7)cc5)ccc3-4)cc21. The normalized spacial score (nSPS) is 15.0. The van der Waals surface area contributed by atoms with Crippen LogP contribution in [0.25, 0.3) is 89.0 Å². The van der Waals surface area contributed by atoms with Crippen molar-refractivity contribution < 1.29 is 0 Å². The van der Waals surface area contributed by atoms with Gasteiger partial charge < -0.3 is 0 Å². The summed E-state index contributed by atoms with van der Waals surface area (Å²) in [6.07, 6.45) is 36.7. The first kappa shape index (κ1) is 66.6. The molecule has 0 aromatic heterocycles. The summed E-state index contributed by atoms with van der Waals surface area (Å²) < 4.78 is 0. The van der Waals surface area contributed by atoms with Crippen molar-refractivity contribution in [2.75, 3.05) is 0 Å². The lowest BCUT2D eigenvalue weighted by atomic mass is 9.70. The Balaban J connectivity index is 0.790. The molecular weight excluding hydrogens is 1140 g/mol. The maximum atomic E-state index is 2.67. The van der Waals surface area contributed by atoms with E-state index in [0.29, 0.717) is 0 Å². The summed E-state index contributed by atoms with van der Waals surface area (Å²) in [4.78, 5) is 0. The van der Waals surface area contributed by atoms with E-state index in [4.69, 9.17) is 0 Å². The summed E-state index contributed by atoms with van der Waals surface area (Å²) in [7, 11) is 0. The van der Waals surface area contributed by atoms with Crippen LogP contribution in [0.4, 0.5) is 0 Å². The zero-order valence-corrected chi connectivity index (χ0v) is 60.0. The Morgan fingerprint density at radius 3 is 0.779 bits per heavy atom. The minimum Gasteiger partial charge on any atom is -0.0654 e. The Morgan fingerprint density at radius 2 is 0.442 bits per heavy atom. The van der Waals surface area contributed by atoms with Crippen molar-refractivity contribution in [3.63, 3.8) is 0 Å². The van der Waals surface area contributed by atoms with Gasteiger partial charge in [0, 0.05) is 21.7 Å². The number of rotatable bonds is 32. The average Bonchev–Trinajstić information content (AvgIpc) is 1.59. The minimum absolute atomic E-state index is 0.0367. The van der Waals surface area contributed by atoms with Crippen LogP contribution < -0.4 is 0 Å². The summed E-state index contributed by atoms with van der Waals surface area (Å²) in [5, 5.41) is 0. The second kappa shape index (κ2) is 29.0. The van der Waals surface area contributed by atoms with E-state index in [1.807, 2.05) is 0 Å². The van der Waals surface area contributed by atoms with Crippen LogP contribution in [0.3, 0.4) is 0 Å². The molecule has 0 fully saturated rings. The van der Waals surface area contributed by atoms with Crippen molar-refractivity contribution in [3.8, 4) is 89.0 Å². The molecule has 0 aliphatic heterocycles. The van der Waals surface area contributed by atoms with Gasteiger partial charge in [-0.05, 0) is 203 Å². The van der Waals surface area contributed by atoms with Crippen molar-refractivity contribution in [1.82, 2.24) is 0 Å². The third-order valence-electron chi connectivity index (χ3n) is 24.2. The summed E-state index contributed by atoms with van der Waals surface area (Å²) in [6.45, 7) is 21.4. The molecule has 0 radical (unpaired) electrons. The first-order chi connectivity index (χ1) is 46.3. The molecule has 9 aromatic rings. The molecule has 0 heterocycles. The van der Waals surface area contributed by atoms with Crippen LogP contribution in [-0.2, 0) is 21.7 Å². The van der Waals surface area contributed by atoms with Gasteiger partial charge in [0.2, 0.25) is 0 Å². The standard InChI is InChI=1S/C95H112/c1-10-14-18-22-26-32-56-94(57-33-27-23-19-15-11-2)84-37-31-30-36-76(84)81-54-47-74(65-89(81)94)73-46-52-80-79-50-43-70(61-86(79)93(8,9)88(80)63-73)68-39-41-69(42-40-68)71-44-53-82-83-55-48-75(72-45-51-78-77-49-38-67(5)60-85(77)92(6,7)87(78)62-72)66-91(83)95(90(82)64-71,58-34-28-24-20-16-12-3)59-35-29-25-21-17-13-4/h30-31,36-55,60-66H,10-29,32-35,56-59H2,1-9H3. The van der Waals surface area contributed by atoms with Gasteiger partial charge in [-0.3, -0.25) is 0 Å². The molecule has 0 bridgehead atoms. The van der Waals surface area contributed by atoms with Crippen molar-refractivity contribution in [3.05, 3.63) is 226 Å². The van der Waals surface area contributed by atoms with Gasteiger partial charge in [0.25, 0.3) is 0 Å². The molecule has 95 heavy (non-hydrogen) atoms. The summed E-state index contributed by atoms with van der Waals surface area (Å²) in [5.41, 5.74) is 35.3. The smallest absolute Gasteiger partial charge is 0.0215 e. The van der Waals surface area contributed by atoms with E-state index in [2.05, 4.69) is 238 Å². The first-order valence-corrected chi connectivity index (χ1v) is 38.6. The zero-order chi connectivity index (χ0) is 65.7. The fraction of sp³-hybridized carbons (Fsp3) is 0.432. The van der Waals surface area contributed by atoms with Gasteiger partial charge in [0.05, 0.1) is 0 Å². The predicted molar refractivity (Wildman–Crippen MR) is 412 cm³/mol. The molecule has 0 saturated carbocycles. The van der Waals surface area contributed by atoms with Gasteiger partial charge in [-0.25, -0.2) is 0 Å². The lowest BCUT2D eigenvalue weighted by Gasteiger charge is -2.33. The minimum atomic E-state index is -0.146. The van der Waals surface area contributed by atoms with E-state index in [0.717, 1.165) is 0 Å². The second-order valence-corrected chi connectivity index (χ2v) is 31.2. The zero-order valence-electron chi connectivity index (χ0n) is 60.0. The highest BCUT2D eigenvalue weighted by Crippen LogP contribution is 2.59.